The van der Waals surface area contributed by atoms with Crippen molar-refractivity contribution in [2.75, 3.05) is 4.90 Å². The number of para-hydroxylation sites is 1. The molecule has 1 heterocycles. The van der Waals surface area contributed by atoms with Crippen molar-refractivity contribution >= 4 is 28.9 Å². The Morgan fingerprint density at radius 3 is 2.63 bits per heavy atom. The Bertz CT molecular complexity index is 627. The maximum atomic E-state index is 12.3. The van der Waals surface area contributed by atoms with Crippen LogP contribution in [0.15, 0.2) is 48.5 Å². The zero-order valence-electron chi connectivity index (χ0n) is 10.3. The summed E-state index contributed by atoms with van der Waals surface area (Å²) in [5.41, 5.74) is 1.55. The molecule has 0 radical (unpaired) electrons. The molecule has 1 aliphatic heterocycles. The fourth-order valence-electron chi connectivity index (χ4n) is 2.15. The summed E-state index contributed by atoms with van der Waals surface area (Å²) in [4.78, 5) is 14.0. The van der Waals surface area contributed by atoms with Gasteiger partial charge in [-0.05, 0) is 31.2 Å². The highest BCUT2D eigenvalue weighted by Crippen LogP contribution is 2.40. The third kappa shape index (κ3) is 2.06. The summed E-state index contributed by atoms with van der Waals surface area (Å²) in [5.74, 6) is 0.546. The monoisotopic (exact) mass is 273 g/mol. The summed E-state index contributed by atoms with van der Waals surface area (Å²) in [5, 5.41) is 0.591. The van der Waals surface area contributed by atoms with Gasteiger partial charge in [0.2, 0.25) is 0 Å². The lowest BCUT2D eigenvalue weighted by atomic mass is 10.1. The average molecular weight is 274 g/mol. The molecular formula is C15H12ClNO2. The van der Waals surface area contributed by atoms with E-state index in [4.69, 9.17) is 16.3 Å². The Hall–Kier alpha value is -2.00. The minimum absolute atomic E-state index is 0.0824. The van der Waals surface area contributed by atoms with E-state index < -0.39 is 6.10 Å². The molecule has 1 atom stereocenters. The van der Waals surface area contributed by atoms with Crippen LogP contribution in [-0.4, -0.2) is 12.0 Å². The summed E-state index contributed by atoms with van der Waals surface area (Å²) in [6.45, 7) is 1.74. The molecule has 0 saturated heterocycles. The number of nitrogens with zero attached hydrogens (tertiary/aromatic N) is 1. The second-order valence-electron chi connectivity index (χ2n) is 4.38. The van der Waals surface area contributed by atoms with Crippen LogP contribution in [0.25, 0.3) is 0 Å². The van der Waals surface area contributed by atoms with E-state index in [0.717, 1.165) is 11.4 Å². The van der Waals surface area contributed by atoms with Gasteiger partial charge in [0.25, 0.3) is 5.91 Å². The van der Waals surface area contributed by atoms with Crippen molar-refractivity contribution in [3.05, 3.63) is 53.6 Å². The smallest absolute Gasteiger partial charge is 0.272 e. The Labute approximate surface area is 116 Å². The molecule has 0 spiro atoms. The van der Waals surface area contributed by atoms with E-state index in [-0.39, 0.29) is 5.91 Å². The van der Waals surface area contributed by atoms with Gasteiger partial charge in [0, 0.05) is 16.8 Å². The maximum Gasteiger partial charge on any atom is 0.272 e. The molecule has 1 amide bonds. The second kappa shape index (κ2) is 4.59. The first-order chi connectivity index (χ1) is 9.16. The number of rotatable bonds is 1. The molecular weight excluding hydrogens is 262 g/mol. The first kappa shape index (κ1) is 12.1. The average Bonchev–Trinajstić information content (AvgIpc) is 2.41. The van der Waals surface area contributed by atoms with Crippen LogP contribution in [0.4, 0.5) is 11.4 Å². The van der Waals surface area contributed by atoms with Gasteiger partial charge in [0.1, 0.15) is 5.75 Å². The fourth-order valence-corrected chi connectivity index (χ4v) is 2.31. The lowest BCUT2D eigenvalue weighted by molar-refractivity contribution is -0.124. The number of carbonyl (C=O) groups excluding carboxylic acids is 1. The lowest BCUT2D eigenvalue weighted by Gasteiger charge is -2.33. The van der Waals surface area contributed by atoms with Crippen molar-refractivity contribution in [2.45, 2.75) is 13.0 Å². The van der Waals surface area contributed by atoms with E-state index in [9.17, 15) is 4.79 Å². The van der Waals surface area contributed by atoms with Gasteiger partial charge in [-0.15, -0.1) is 0 Å². The van der Waals surface area contributed by atoms with Gasteiger partial charge in [0.15, 0.2) is 6.10 Å². The number of amides is 1. The standard InChI is InChI=1S/C15H12ClNO2/c1-10-15(18)17(12-5-3-2-4-6-12)13-8-7-11(16)9-14(13)19-10/h2-10H,1H3. The number of carbonyl (C=O) groups is 1. The SMILES string of the molecule is CC1Oc2cc(Cl)ccc2N(c2ccccc2)C1=O. The van der Waals surface area contributed by atoms with Crippen molar-refractivity contribution < 1.29 is 9.53 Å². The van der Waals surface area contributed by atoms with Crippen LogP contribution in [0.5, 0.6) is 5.75 Å². The molecule has 0 aromatic heterocycles. The highest BCUT2D eigenvalue weighted by molar-refractivity contribution is 6.31. The predicted molar refractivity (Wildman–Crippen MR) is 75.1 cm³/mol. The van der Waals surface area contributed by atoms with Gasteiger partial charge in [0.05, 0.1) is 5.69 Å². The van der Waals surface area contributed by atoms with E-state index in [1.165, 1.54) is 0 Å². The number of hydrogen-bond acceptors (Lipinski definition) is 2. The molecule has 2 aromatic carbocycles. The summed E-state index contributed by atoms with van der Waals surface area (Å²) >= 11 is 5.97. The summed E-state index contributed by atoms with van der Waals surface area (Å²) in [6.07, 6.45) is -0.522. The van der Waals surface area contributed by atoms with Crippen LogP contribution in [0, 0.1) is 0 Å². The Morgan fingerprint density at radius 1 is 1.16 bits per heavy atom. The minimum atomic E-state index is -0.522. The lowest BCUT2D eigenvalue weighted by Crippen LogP contribution is -2.41. The topological polar surface area (TPSA) is 29.5 Å². The number of halogens is 1. The molecule has 4 heteroatoms. The number of fused-ring (bicyclic) bond motifs is 1. The molecule has 1 aliphatic rings. The fraction of sp³-hybridized carbons (Fsp3) is 0.133. The predicted octanol–water partition coefficient (Wildman–Crippen LogP) is 3.79. The van der Waals surface area contributed by atoms with Gasteiger partial charge in [-0.3, -0.25) is 9.69 Å². The van der Waals surface area contributed by atoms with Crippen LogP contribution in [-0.2, 0) is 4.79 Å². The van der Waals surface area contributed by atoms with Crippen LogP contribution in [0.3, 0.4) is 0 Å². The van der Waals surface area contributed by atoms with Crippen LogP contribution in [0.2, 0.25) is 5.02 Å². The van der Waals surface area contributed by atoms with E-state index in [1.807, 2.05) is 30.3 Å². The second-order valence-corrected chi connectivity index (χ2v) is 4.82. The Balaban J connectivity index is 2.16. The zero-order chi connectivity index (χ0) is 13.4. The Morgan fingerprint density at radius 2 is 1.89 bits per heavy atom. The quantitative estimate of drug-likeness (QED) is 0.791. The van der Waals surface area contributed by atoms with Crippen molar-refractivity contribution in [3.8, 4) is 5.75 Å². The highest BCUT2D eigenvalue weighted by atomic mass is 35.5. The maximum absolute atomic E-state index is 12.3. The van der Waals surface area contributed by atoms with Gasteiger partial charge in [-0.25, -0.2) is 0 Å². The summed E-state index contributed by atoms with van der Waals surface area (Å²) in [7, 11) is 0. The van der Waals surface area contributed by atoms with E-state index >= 15 is 0 Å². The van der Waals surface area contributed by atoms with Gasteiger partial charge < -0.3 is 4.74 Å². The first-order valence-electron chi connectivity index (χ1n) is 6.02. The highest BCUT2D eigenvalue weighted by Gasteiger charge is 2.32. The number of ether oxygens (including phenoxy) is 1. The third-order valence-corrected chi connectivity index (χ3v) is 3.28. The molecule has 1 unspecified atom stereocenters. The first-order valence-corrected chi connectivity index (χ1v) is 6.40. The van der Waals surface area contributed by atoms with E-state index in [2.05, 4.69) is 0 Å². The molecule has 0 N–H and O–H groups in total. The molecule has 96 valence electrons. The molecule has 0 aliphatic carbocycles. The molecule has 3 nitrogen and oxygen atoms in total. The van der Waals surface area contributed by atoms with Crippen molar-refractivity contribution in [1.82, 2.24) is 0 Å². The molecule has 0 saturated carbocycles. The minimum Gasteiger partial charge on any atom is -0.479 e. The normalized spacial score (nSPS) is 17.9. The summed E-state index contributed by atoms with van der Waals surface area (Å²) in [6, 6.07) is 14.8. The zero-order valence-corrected chi connectivity index (χ0v) is 11.1. The van der Waals surface area contributed by atoms with Crippen molar-refractivity contribution in [3.63, 3.8) is 0 Å². The molecule has 2 aromatic rings. The van der Waals surface area contributed by atoms with Crippen LogP contribution < -0.4 is 9.64 Å². The molecule has 19 heavy (non-hydrogen) atoms. The largest absolute Gasteiger partial charge is 0.479 e. The number of hydrogen-bond donors (Lipinski definition) is 0. The summed E-state index contributed by atoms with van der Waals surface area (Å²) < 4.78 is 5.60. The molecule has 0 bridgehead atoms. The van der Waals surface area contributed by atoms with E-state index in [1.54, 1.807) is 30.0 Å². The Kier molecular flexibility index (Phi) is 2.91. The van der Waals surface area contributed by atoms with Gasteiger partial charge in [-0.1, -0.05) is 29.8 Å². The third-order valence-electron chi connectivity index (χ3n) is 3.05. The van der Waals surface area contributed by atoms with E-state index in [0.29, 0.717) is 10.8 Å². The van der Waals surface area contributed by atoms with Crippen molar-refractivity contribution in [2.24, 2.45) is 0 Å². The molecule has 3 rings (SSSR count). The number of anilines is 2. The van der Waals surface area contributed by atoms with Gasteiger partial charge in [-0.2, -0.15) is 0 Å². The number of benzene rings is 2. The van der Waals surface area contributed by atoms with Crippen LogP contribution >= 0.6 is 11.6 Å². The molecule has 0 fully saturated rings. The van der Waals surface area contributed by atoms with Crippen molar-refractivity contribution in [1.29, 1.82) is 0 Å². The van der Waals surface area contributed by atoms with Gasteiger partial charge >= 0.3 is 0 Å². The van der Waals surface area contributed by atoms with Crippen LogP contribution in [0.1, 0.15) is 6.92 Å².